The number of thiophene rings is 1. The van der Waals surface area contributed by atoms with E-state index in [9.17, 15) is 0 Å². The summed E-state index contributed by atoms with van der Waals surface area (Å²) in [6, 6.07) is 3.06. The molecule has 1 heterocycles. The fourth-order valence-corrected chi connectivity index (χ4v) is 3.00. The number of hydrogen-bond donors (Lipinski definition) is 1. The predicted molar refractivity (Wildman–Crippen MR) is 72.1 cm³/mol. The Morgan fingerprint density at radius 2 is 2.38 bits per heavy atom. The van der Waals surface area contributed by atoms with Crippen molar-refractivity contribution in [3.05, 3.63) is 22.4 Å². The third-order valence-corrected chi connectivity index (χ3v) is 4.14. The number of nitrogens with one attached hydrogen (secondary N) is 1. The Hall–Kier alpha value is -0.340. The smallest absolute Gasteiger partial charge is 0.00954 e. The summed E-state index contributed by atoms with van der Waals surface area (Å²) in [7, 11) is 0. The van der Waals surface area contributed by atoms with Crippen molar-refractivity contribution in [1.82, 2.24) is 5.32 Å². The van der Waals surface area contributed by atoms with E-state index in [-0.39, 0.29) is 0 Å². The summed E-state index contributed by atoms with van der Waals surface area (Å²) in [5.74, 6) is 0.994. The highest BCUT2D eigenvalue weighted by atomic mass is 32.1. The van der Waals surface area contributed by atoms with Gasteiger partial charge in [0.05, 0.1) is 0 Å². The Labute approximate surface area is 103 Å². The summed E-state index contributed by atoms with van der Waals surface area (Å²) < 4.78 is 0. The molecule has 1 aliphatic carbocycles. The van der Waals surface area contributed by atoms with Crippen LogP contribution in [0.15, 0.2) is 16.8 Å². The van der Waals surface area contributed by atoms with Crippen molar-refractivity contribution in [3.8, 4) is 0 Å². The first-order valence-corrected chi connectivity index (χ1v) is 7.59. The quantitative estimate of drug-likeness (QED) is 0.724. The molecule has 1 fully saturated rings. The van der Waals surface area contributed by atoms with Crippen LogP contribution < -0.4 is 5.32 Å². The maximum absolute atomic E-state index is 3.71. The molecule has 1 nitrogen and oxygen atoms in total. The van der Waals surface area contributed by atoms with E-state index < -0.39 is 0 Å². The molecule has 0 aliphatic heterocycles. The fraction of sp³-hybridized carbons (Fsp3) is 0.714. The van der Waals surface area contributed by atoms with Gasteiger partial charge in [-0.05, 0) is 73.4 Å². The number of rotatable bonds is 8. The van der Waals surface area contributed by atoms with Gasteiger partial charge < -0.3 is 5.32 Å². The second-order valence-electron chi connectivity index (χ2n) is 4.92. The van der Waals surface area contributed by atoms with Crippen LogP contribution in [0.3, 0.4) is 0 Å². The number of aryl methyl sites for hydroxylation is 1. The van der Waals surface area contributed by atoms with Gasteiger partial charge in [0.15, 0.2) is 0 Å². The van der Waals surface area contributed by atoms with E-state index in [1.54, 1.807) is 0 Å². The zero-order chi connectivity index (χ0) is 11.2. The molecule has 0 radical (unpaired) electrons. The molecule has 1 N–H and O–H groups in total. The minimum Gasteiger partial charge on any atom is -0.314 e. The van der Waals surface area contributed by atoms with E-state index in [0.29, 0.717) is 0 Å². The van der Waals surface area contributed by atoms with Gasteiger partial charge in [0.1, 0.15) is 0 Å². The van der Waals surface area contributed by atoms with E-state index in [1.165, 1.54) is 50.6 Å². The Morgan fingerprint density at radius 1 is 1.50 bits per heavy atom. The lowest BCUT2D eigenvalue weighted by Crippen LogP contribution is -2.31. The summed E-state index contributed by atoms with van der Waals surface area (Å²) in [6.07, 6.45) is 8.14. The third kappa shape index (κ3) is 3.91. The molecule has 90 valence electrons. The van der Waals surface area contributed by atoms with Crippen LogP contribution in [0.25, 0.3) is 0 Å². The minimum absolute atomic E-state index is 0.804. The lowest BCUT2D eigenvalue weighted by Gasteiger charge is -2.17. The highest BCUT2D eigenvalue weighted by Crippen LogP contribution is 2.34. The van der Waals surface area contributed by atoms with Crippen LogP contribution >= 0.6 is 11.3 Å². The van der Waals surface area contributed by atoms with Crippen LogP contribution in [0.2, 0.25) is 0 Å². The van der Waals surface area contributed by atoms with Crippen LogP contribution in [0.4, 0.5) is 0 Å². The van der Waals surface area contributed by atoms with Gasteiger partial charge >= 0.3 is 0 Å². The average Bonchev–Trinajstić information content (AvgIpc) is 3.01. The maximum atomic E-state index is 3.71. The summed E-state index contributed by atoms with van der Waals surface area (Å²) >= 11 is 1.82. The molecule has 0 saturated heterocycles. The molecule has 0 aromatic carbocycles. The summed E-state index contributed by atoms with van der Waals surface area (Å²) in [5.41, 5.74) is 1.52. The molecule has 0 bridgehead atoms. The molecular formula is C14H23NS. The summed E-state index contributed by atoms with van der Waals surface area (Å²) in [4.78, 5) is 0. The lowest BCUT2D eigenvalue weighted by atomic mass is 10.0. The van der Waals surface area contributed by atoms with Gasteiger partial charge in [0, 0.05) is 6.04 Å². The lowest BCUT2D eigenvalue weighted by molar-refractivity contribution is 0.425. The summed E-state index contributed by atoms with van der Waals surface area (Å²) in [6.45, 7) is 3.45. The Bertz CT molecular complexity index is 277. The fourth-order valence-electron chi connectivity index (χ4n) is 2.29. The van der Waals surface area contributed by atoms with Gasteiger partial charge in [-0.3, -0.25) is 0 Å². The van der Waals surface area contributed by atoms with Crippen molar-refractivity contribution in [2.75, 3.05) is 6.54 Å². The van der Waals surface area contributed by atoms with E-state index in [4.69, 9.17) is 0 Å². The first-order chi connectivity index (χ1) is 7.90. The third-order valence-electron chi connectivity index (χ3n) is 3.41. The van der Waals surface area contributed by atoms with Crippen LogP contribution in [-0.4, -0.2) is 12.6 Å². The van der Waals surface area contributed by atoms with E-state index in [1.807, 2.05) is 11.3 Å². The Balaban J connectivity index is 1.65. The highest BCUT2D eigenvalue weighted by Gasteiger charge is 2.29. The van der Waals surface area contributed by atoms with Crippen molar-refractivity contribution in [1.29, 1.82) is 0 Å². The van der Waals surface area contributed by atoms with Crippen molar-refractivity contribution in [3.63, 3.8) is 0 Å². The SMILES string of the molecule is CCCNC(CCCc1ccsc1)C1CC1. The standard InChI is InChI=1S/C14H23NS/c1-2-9-15-14(13-6-7-13)5-3-4-12-8-10-16-11-12/h8,10-11,13-15H,2-7,9H2,1H3. The van der Waals surface area contributed by atoms with E-state index >= 15 is 0 Å². The molecule has 16 heavy (non-hydrogen) atoms. The molecule has 1 saturated carbocycles. The molecule has 1 aromatic rings. The van der Waals surface area contributed by atoms with Gasteiger partial charge in [-0.15, -0.1) is 0 Å². The Kier molecular flexibility index (Phi) is 4.86. The highest BCUT2D eigenvalue weighted by molar-refractivity contribution is 7.07. The van der Waals surface area contributed by atoms with Crippen molar-refractivity contribution in [2.24, 2.45) is 5.92 Å². The first kappa shape index (κ1) is 12.1. The van der Waals surface area contributed by atoms with Crippen molar-refractivity contribution < 1.29 is 0 Å². The Morgan fingerprint density at radius 3 is 3.00 bits per heavy atom. The van der Waals surface area contributed by atoms with E-state index in [2.05, 4.69) is 29.1 Å². The second kappa shape index (κ2) is 6.41. The van der Waals surface area contributed by atoms with Crippen LogP contribution in [0.5, 0.6) is 0 Å². The van der Waals surface area contributed by atoms with Crippen LogP contribution in [-0.2, 0) is 6.42 Å². The van der Waals surface area contributed by atoms with Crippen LogP contribution in [0.1, 0.15) is 44.6 Å². The molecule has 0 amide bonds. The topological polar surface area (TPSA) is 12.0 Å². The zero-order valence-electron chi connectivity index (χ0n) is 10.2. The van der Waals surface area contributed by atoms with Gasteiger partial charge in [-0.25, -0.2) is 0 Å². The van der Waals surface area contributed by atoms with Gasteiger partial charge in [-0.1, -0.05) is 6.92 Å². The molecule has 2 heteroatoms. The van der Waals surface area contributed by atoms with Gasteiger partial charge in [0.2, 0.25) is 0 Å². The summed E-state index contributed by atoms with van der Waals surface area (Å²) in [5, 5.41) is 8.18. The molecule has 1 aromatic heterocycles. The predicted octanol–water partition coefficient (Wildman–Crippen LogP) is 3.85. The van der Waals surface area contributed by atoms with Crippen molar-refractivity contribution >= 4 is 11.3 Å². The van der Waals surface area contributed by atoms with E-state index in [0.717, 1.165) is 12.0 Å². The molecule has 1 atom stereocenters. The molecule has 1 unspecified atom stereocenters. The minimum atomic E-state index is 0.804. The number of hydrogen-bond acceptors (Lipinski definition) is 2. The molecule has 1 aliphatic rings. The molecular weight excluding hydrogens is 214 g/mol. The van der Waals surface area contributed by atoms with Gasteiger partial charge in [-0.2, -0.15) is 11.3 Å². The normalized spacial score (nSPS) is 17.6. The monoisotopic (exact) mass is 237 g/mol. The van der Waals surface area contributed by atoms with Gasteiger partial charge in [0.25, 0.3) is 0 Å². The molecule has 2 rings (SSSR count). The average molecular weight is 237 g/mol. The van der Waals surface area contributed by atoms with Crippen LogP contribution in [0, 0.1) is 5.92 Å². The molecule has 0 spiro atoms. The first-order valence-electron chi connectivity index (χ1n) is 6.64. The second-order valence-corrected chi connectivity index (χ2v) is 5.70. The largest absolute Gasteiger partial charge is 0.314 e. The maximum Gasteiger partial charge on any atom is 0.00954 e. The van der Waals surface area contributed by atoms with Crippen molar-refractivity contribution in [2.45, 2.75) is 51.5 Å². The zero-order valence-corrected chi connectivity index (χ0v) is 11.1.